The Morgan fingerprint density at radius 2 is 2.08 bits per heavy atom. The molecule has 70 valence electrons. The second-order valence-corrected chi connectivity index (χ2v) is 3.73. The van der Waals surface area contributed by atoms with Gasteiger partial charge in [-0.15, -0.1) is 0 Å². The maximum Gasteiger partial charge on any atom is 0.0614 e. The molecule has 0 amide bonds. The number of hydrogen-bond acceptors (Lipinski definition) is 2. The number of rotatable bonds is 2. The maximum atomic E-state index is 5.89. The Kier molecular flexibility index (Phi) is 2.83. The molecule has 0 bridgehead atoms. The second kappa shape index (κ2) is 4.09. The number of halogens is 1. The Balaban J connectivity index is 2.00. The molecule has 0 aliphatic carbocycles. The van der Waals surface area contributed by atoms with Crippen LogP contribution in [0.1, 0.15) is 5.56 Å². The maximum absolute atomic E-state index is 5.89. The summed E-state index contributed by atoms with van der Waals surface area (Å²) in [6, 6.07) is 8.02. The Labute approximate surface area is 83.3 Å². The average Bonchev–Trinajstić information content (AvgIpc) is 2.57. The highest BCUT2D eigenvalue weighted by Crippen LogP contribution is 2.12. The lowest BCUT2D eigenvalue weighted by Gasteiger charge is -2.10. The highest BCUT2D eigenvalue weighted by molar-refractivity contribution is 6.30. The van der Waals surface area contributed by atoms with E-state index in [2.05, 4.69) is 16.7 Å². The van der Waals surface area contributed by atoms with Crippen LogP contribution >= 0.6 is 11.6 Å². The zero-order valence-corrected chi connectivity index (χ0v) is 8.14. The summed E-state index contributed by atoms with van der Waals surface area (Å²) in [5, 5.41) is 7.56. The summed E-state index contributed by atoms with van der Waals surface area (Å²) in [6.45, 7) is 2.12. The Morgan fingerprint density at radius 3 is 2.77 bits per heavy atom. The molecule has 1 fully saturated rings. The Morgan fingerprint density at radius 1 is 1.31 bits per heavy atom. The van der Waals surface area contributed by atoms with Crippen molar-refractivity contribution in [3.05, 3.63) is 34.9 Å². The van der Waals surface area contributed by atoms with Crippen LogP contribution < -0.4 is 10.6 Å². The smallest absolute Gasteiger partial charge is 0.0614 e. The van der Waals surface area contributed by atoms with Gasteiger partial charge in [-0.3, -0.25) is 0 Å². The van der Waals surface area contributed by atoms with Gasteiger partial charge < -0.3 is 10.6 Å². The van der Waals surface area contributed by atoms with E-state index in [1.165, 1.54) is 5.56 Å². The largest absolute Gasteiger partial charge is 0.300 e. The molecule has 0 spiro atoms. The average molecular weight is 197 g/mol. The van der Waals surface area contributed by atoms with Crippen molar-refractivity contribution in [2.75, 3.05) is 13.1 Å². The molecule has 1 heterocycles. The van der Waals surface area contributed by atoms with Crippen LogP contribution in [0.3, 0.4) is 0 Å². The molecular formula is C10H13ClN2. The summed E-state index contributed by atoms with van der Waals surface area (Å²) in [4.78, 5) is 0. The van der Waals surface area contributed by atoms with Crippen LogP contribution in [0.2, 0.25) is 5.02 Å². The molecule has 1 aliphatic heterocycles. The third kappa shape index (κ3) is 2.44. The molecule has 2 N–H and O–H groups in total. The Hall–Kier alpha value is -0.570. The van der Waals surface area contributed by atoms with Crippen LogP contribution in [0, 0.1) is 0 Å². The monoisotopic (exact) mass is 196 g/mol. The first kappa shape index (κ1) is 9.00. The van der Waals surface area contributed by atoms with Crippen molar-refractivity contribution in [2.24, 2.45) is 0 Å². The minimum atomic E-state index is 0.415. The van der Waals surface area contributed by atoms with Gasteiger partial charge >= 0.3 is 0 Å². The molecule has 2 nitrogen and oxygen atoms in total. The molecule has 1 aromatic rings. The standard InChI is InChI=1S/C10H13ClN2/c11-9-3-1-2-8(6-9)7-10-12-4-5-13-10/h1-3,6,10,12-13H,4-5,7H2. The molecule has 0 saturated carbocycles. The van der Waals surface area contributed by atoms with Gasteiger partial charge in [-0.1, -0.05) is 23.7 Å². The minimum Gasteiger partial charge on any atom is -0.300 e. The quantitative estimate of drug-likeness (QED) is 0.748. The van der Waals surface area contributed by atoms with E-state index in [9.17, 15) is 0 Å². The Bertz CT molecular complexity index is 282. The SMILES string of the molecule is Clc1cccc(CC2NCCN2)c1. The molecule has 1 aromatic carbocycles. The van der Waals surface area contributed by atoms with Gasteiger partial charge in [0.2, 0.25) is 0 Å². The molecule has 2 rings (SSSR count). The minimum absolute atomic E-state index is 0.415. The number of nitrogens with one attached hydrogen (secondary N) is 2. The normalized spacial score (nSPS) is 17.9. The van der Waals surface area contributed by atoms with Crippen molar-refractivity contribution in [2.45, 2.75) is 12.6 Å². The van der Waals surface area contributed by atoms with Gasteiger partial charge in [0.1, 0.15) is 0 Å². The van der Waals surface area contributed by atoms with Crippen LogP contribution in [0.5, 0.6) is 0 Å². The summed E-state index contributed by atoms with van der Waals surface area (Å²) in [7, 11) is 0. The topological polar surface area (TPSA) is 24.1 Å². The molecule has 1 aliphatic rings. The van der Waals surface area contributed by atoms with Crippen molar-refractivity contribution in [1.82, 2.24) is 10.6 Å². The van der Waals surface area contributed by atoms with E-state index < -0.39 is 0 Å². The van der Waals surface area contributed by atoms with Crippen LogP contribution in [-0.2, 0) is 6.42 Å². The van der Waals surface area contributed by atoms with Crippen molar-refractivity contribution >= 4 is 11.6 Å². The molecule has 3 heteroatoms. The molecule has 13 heavy (non-hydrogen) atoms. The van der Waals surface area contributed by atoms with E-state index in [1.54, 1.807) is 0 Å². The first-order valence-corrected chi connectivity index (χ1v) is 4.93. The molecule has 0 radical (unpaired) electrons. The molecule has 1 saturated heterocycles. The van der Waals surface area contributed by atoms with E-state index in [4.69, 9.17) is 11.6 Å². The predicted octanol–water partition coefficient (Wildman–Crippen LogP) is 1.40. The van der Waals surface area contributed by atoms with E-state index in [1.807, 2.05) is 18.2 Å². The molecule has 0 atom stereocenters. The fourth-order valence-corrected chi connectivity index (χ4v) is 1.82. The van der Waals surface area contributed by atoms with Crippen molar-refractivity contribution in [3.63, 3.8) is 0 Å². The fourth-order valence-electron chi connectivity index (χ4n) is 1.61. The van der Waals surface area contributed by atoms with Crippen LogP contribution in [-0.4, -0.2) is 19.3 Å². The summed E-state index contributed by atoms with van der Waals surface area (Å²) >= 11 is 5.89. The predicted molar refractivity (Wildman–Crippen MR) is 54.9 cm³/mol. The van der Waals surface area contributed by atoms with Gasteiger partial charge in [-0.05, 0) is 17.7 Å². The second-order valence-electron chi connectivity index (χ2n) is 3.29. The van der Waals surface area contributed by atoms with Gasteiger partial charge in [0.25, 0.3) is 0 Å². The summed E-state index contributed by atoms with van der Waals surface area (Å²) in [5.74, 6) is 0. The summed E-state index contributed by atoms with van der Waals surface area (Å²) in [5.41, 5.74) is 1.28. The van der Waals surface area contributed by atoms with Crippen LogP contribution in [0.25, 0.3) is 0 Å². The van der Waals surface area contributed by atoms with Gasteiger partial charge in [0.15, 0.2) is 0 Å². The first-order valence-electron chi connectivity index (χ1n) is 4.56. The lowest BCUT2D eigenvalue weighted by Crippen LogP contribution is -2.33. The molecule has 0 aromatic heterocycles. The van der Waals surface area contributed by atoms with Crippen LogP contribution in [0.15, 0.2) is 24.3 Å². The van der Waals surface area contributed by atoms with Crippen molar-refractivity contribution < 1.29 is 0 Å². The van der Waals surface area contributed by atoms with Crippen LogP contribution in [0.4, 0.5) is 0 Å². The molecule has 0 unspecified atom stereocenters. The van der Waals surface area contributed by atoms with Gasteiger partial charge in [0.05, 0.1) is 6.17 Å². The van der Waals surface area contributed by atoms with E-state index >= 15 is 0 Å². The fraction of sp³-hybridized carbons (Fsp3) is 0.400. The van der Waals surface area contributed by atoms with Gasteiger partial charge in [0, 0.05) is 24.5 Å². The van der Waals surface area contributed by atoms with Gasteiger partial charge in [-0.2, -0.15) is 0 Å². The molecular weight excluding hydrogens is 184 g/mol. The number of benzene rings is 1. The lowest BCUT2D eigenvalue weighted by molar-refractivity contribution is 0.551. The van der Waals surface area contributed by atoms with E-state index in [0.717, 1.165) is 24.5 Å². The number of hydrogen-bond donors (Lipinski definition) is 2. The highest BCUT2D eigenvalue weighted by atomic mass is 35.5. The van der Waals surface area contributed by atoms with Crippen molar-refractivity contribution in [3.8, 4) is 0 Å². The lowest BCUT2D eigenvalue weighted by atomic mass is 10.1. The van der Waals surface area contributed by atoms with E-state index in [-0.39, 0.29) is 0 Å². The first-order chi connectivity index (χ1) is 6.34. The third-order valence-corrected chi connectivity index (χ3v) is 2.47. The third-order valence-electron chi connectivity index (χ3n) is 2.24. The van der Waals surface area contributed by atoms with E-state index in [0.29, 0.717) is 6.17 Å². The van der Waals surface area contributed by atoms with Gasteiger partial charge in [-0.25, -0.2) is 0 Å². The zero-order chi connectivity index (χ0) is 9.10. The van der Waals surface area contributed by atoms with Crippen molar-refractivity contribution in [1.29, 1.82) is 0 Å². The summed E-state index contributed by atoms with van der Waals surface area (Å²) < 4.78 is 0. The highest BCUT2D eigenvalue weighted by Gasteiger charge is 2.12. The zero-order valence-electron chi connectivity index (χ0n) is 7.39. The summed E-state index contributed by atoms with van der Waals surface area (Å²) in [6.07, 6.45) is 1.42.